The van der Waals surface area contributed by atoms with E-state index in [-0.39, 0.29) is 17.2 Å². The van der Waals surface area contributed by atoms with Gasteiger partial charge in [-0.15, -0.1) is 0 Å². The molecule has 0 atom stereocenters. The maximum Gasteiger partial charge on any atom is 0.371 e. The number of ketones is 1. The molecule has 2 rings (SSSR count). The summed E-state index contributed by atoms with van der Waals surface area (Å²) in [6.07, 6.45) is 0. The van der Waals surface area contributed by atoms with Crippen LogP contribution in [0.2, 0.25) is 0 Å². The van der Waals surface area contributed by atoms with E-state index in [4.69, 9.17) is 9.52 Å². The molecule has 6 nitrogen and oxygen atoms in total. The van der Waals surface area contributed by atoms with Crippen LogP contribution in [0.5, 0.6) is 0 Å². The molecule has 0 bridgehead atoms. The minimum atomic E-state index is -1.21. The Balaban J connectivity index is 2.33. The number of aromatic carboxylic acids is 1. The number of aromatic nitrogens is 2. The highest BCUT2D eigenvalue weighted by molar-refractivity contribution is 6.06. The summed E-state index contributed by atoms with van der Waals surface area (Å²) in [5, 5.41) is 12.7. The Kier molecular flexibility index (Phi) is 2.55. The van der Waals surface area contributed by atoms with Crippen molar-refractivity contribution in [3.8, 4) is 0 Å². The monoisotopic (exact) mass is 234 g/mol. The van der Waals surface area contributed by atoms with E-state index in [2.05, 4.69) is 5.10 Å². The minimum absolute atomic E-state index is 0.0273. The second-order valence-electron chi connectivity index (χ2n) is 3.59. The Bertz CT molecular complexity index is 575. The number of hydrogen-bond donors (Lipinski definition) is 1. The van der Waals surface area contributed by atoms with E-state index in [0.717, 1.165) is 5.69 Å². The smallest absolute Gasteiger partial charge is 0.371 e. The summed E-state index contributed by atoms with van der Waals surface area (Å²) in [6.45, 7) is 1.81. The summed E-state index contributed by atoms with van der Waals surface area (Å²) in [6, 6.07) is 4.19. The van der Waals surface area contributed by atoms with E-state index < -0.39 is 11.8 Å². The third-order valence-electron chi connectivity index (χ3n) is 2.39. The molecule has 0 saturated carbocycles. The summed E-state index contributed by atoms with van der Waals surface area (Å²) >= 11 is 0. The molecule has 2 aromatic rings. The fraction of sp³-hybridized carbons (Fsp3) is 0.182. The molecule has 2 aromatic heterocycles. The molecular weight excluding hydrogens is 224 g/mol. The number of nitrogens with zero attached hydrogens (tertiary/aromatic N) is 2. The van der Waals surface area contributed by atoms with Crippen molar-refractivity contribution < 1.29 is 19.1 Å². The molecule has 0 aliphatic heterocycles. The second-order valence-corrected chi connectivity index (χ2v) is 3.59. The first-order valence-electron chi connectivity index (χ1n) is 4.87. The van der Waals surface area contributed by atoms with Crippen molar-refractivity contribution in [2.24, 2.45) is 7.05 Å². The molecule has 0 amide bonds. The molecule has 2 heterocycles. The Hall–Kier alpha value is -2.37. The summed E-state index contributed by atoms with van der Waals surface area (Å²) in [5.74, 6) is -1.93. The first kappa shape index (κ1) is 11.1. The van der Waals surface area contributed by atoms with E-state index in [1.54, 1.807) is 17.8 Å². The van der Waals surface area contributed by atoms with Gasteiger partial charge in [-0.05, 0) is 25.1 Å². The maximum absolute atomic E-state index is 11.9. The summed E-state index contributed by atoms with van der Waals surface area (Å²) in [4.78, 5) is 22.5. The van der Waals surface area contributed by atoms with Gasteiger partial charge in [0.15, 0.2) is 5.76 Å². The van der Waals surface area contributed by atoms with Crippen molar-refractivity contribution >= 4 is 11.8 Å². The van der Waals surface area contributed by atoms with E-state index in [0.29, 0.717) is 0 Å². The summed E-state index contributed by atoms with van der Waals surface area (Å²) < 4.78 is 6.48. The average molecular weight is 234 g/mol. The molecule has 0 saturated heterocycles. The van der Waals surface area contributed by atoms with Gasteiger partial charge in [0.05, 0.1) is 0 Å². The summed E-state index contributed by atoms with van der Waals surface area (Å²) in [7, 11) is 1.72. The maximum atomic E-state index is 11.9. The van der Waals surface area contributed by atoms with Crippen LogP contribution in [0.15, 0.2) is 22.6 Å². The second kappa shape index (κ2) is 3.89. The van der Waals surface area contributed by atoms with E-state index in [1.807, 2.05) is 6.92 Å². The van der Waals surface area contributed by atoms with Crippen molar-refractivity contribution in [1.29, 1.82) is 0 Å². The largest absolute Gasteiger partial charge is 0.475 e. The molecular formula is C11H10N2O4. The number of hydrogen-bond acceptors (Lipinski definition) is 4. The molecule has 0 spiro atoms. The Morgan fingerprint density at radius 2 is 2.00 bits per heavy atom. The normalized spacial score (nSPS) is 10.5. The number of rotatable bonds is 3. The van der Waals surface area contributed by atoms with E-state index >= 15 is 0 Å². The highest BCUT2D eigenvalue weighted by Crippen LogP contribution is 2.13. The predicted molar refractivity (Wildman–Crippen MR) is 57.0 cm³/mol. The summed E-state index contributed by atoms with van der Waals surface area (Å²) in [5.41, 5.74) is 1.06. The van der Waals surface area contributed by atoms with Crippen LogP contribution in [0.4, 0.5) is 0 Å². The highest BCUT2D eigenvalue weighted by atomic mass is 16.4. The molecule has 0 aliphatic carbocycles. The van der Waals surface area contributed by atoms with E-state index in [9.17, 15) is 9.59 Å². The van der Waals surface area contributed by atoms with Gasteiger partial charge >= 0.3 is 5.97 Å². The van der Waals surface area contributed by atoms with Gasteiger partial charge in [0.1, 0.15) is 5.69 Å². The van der Waals surface area contributed by atoms with Gasteiger partial charge < -0.3 is 9.52 Å². The molecule has 6 heteroatoms. The van der Waals surface area contributed by atoms with Crippen LogP contribution in [-0.4, -0.2) is 26.6 Å². The van der Waals surface area contributed by atoms with Gasteiger partial charge in [0.2, 0.25) is 11.5 Å². The lowest BCUT2D eigenvalue weighted by Crippen LogP contribution is -2.02. The number of carboxylic acids is 1. The predicted octanol–water partition coefficient (Wildman–Crippen LogP) is 1.25. The van der Waals surface area contributed by atoms with Crippen LogP contribution in [0, 0.1) is 6.92 Å². The number of furan rings is 1. The quantitative estimate of drug-likeness (QED) is 0.808. The molecule has 0 fully saturated rings. The third kappa shape index (κ3) is 1.96. The molecule has 0 aromatic carbocycles. The fourth-order valence-electron chi connectivity index (χ4n) is 1.37. The van der Waals surface area contributed by atoms with Gasteiger partial charge in [-0.1, -0.05) is 0 Å². The van der Waals surface area contributed by atoms with Crippen LogP contribution in [0.1, 0.15) is 32.5 Å². The van der Waals surface area contributed by atoms with Crippen molar-refractivity contribution in [2.45, 2.75) is 6.92 Å². The number of carbonyl (C=O) groups is 2. The van der Waals surface area contributed by atoms with Crippen LogP contribution in [-0.2, 0) is 7.05 Å². The SMILES string of the molecule is Cc1cc(C(=O)c2ccc(C(=O)O)o2)nn1C. The molecule has 1 N–H and O–H groups in total. The number of aryl methyl sites for hydroxylation is 2. The zero-order valence-corrected chi connectivity index (χ0v) is 9.30. The van der Waals surface area contributed by atoms with Crippen molar-refractivity contribution in [1.82, 2.24) is 9.78 Å². The van der Waals surface area contributed by atoms with Gasteiger partial charge in [0.25, 0.3) is 0 Å². The topological polar surface area (TPSA) is 85.3 Å². The number of carbonyl (C=O) groups excluding carboxylic acids is 1. The van der Waals surface area contributed by atoms with Gasteiger partial charge in [-0.3, -0.25) is 9.48 Å². The zero-order valence-electron chi connectivity index (χ0n) is 9.30. The lowest BCUT2D eigenvalue weighted by atomic mass is 10.2. The minimum Gasteiger partial charge on any atom is -0.475 e. The van der Waals surface area contributed by atoms with Crippen LogP contribution >= 0.6 is 0 Å². The van der Waals surface area contributed by atoms with Gasteiger partial charge in [0, 0.05) is 12.7 Å². The van der Waals surface area contributed by atoms with Crippen molar-refractivity contribution in [2.75, 3.05) is 0 Å². The van der Waals surface area contributed by atoms with Crippen molar-refractivity contribution in [3.05, 3.63) is 41.1 Å². The Morgan fingerprint density at radius 1 is 1.35 bits per heavy atom. The fourth-order valence-corrected chi connectivity index (χ4v) is 1.37. The molecule has 17 heavy (non-hydrogen) atoms. The van der Waals surface area contributed by atoms with Crippen LogP contribution in [0.25, 0.3) is 0 Å². The van der Waals surface area contributed by atoms with Gasteiger partial charge in [-0.2, -0.15) is 5.10 Å². The standard InChI is InChI=1S/C11H10N2O4/c1-6-5-7(12-13(6)2)10(14)8-3-4-9(17-8)11(15)16/h3-5H,1-2H3,(H,15,16). The third-order valence-corrected chi connectivity index (χ3v) is 2.39. The Morgan fingerprint density at radius 3 is 2.47 bits per heavy atom. The average Bonchev–Trinajstić information content (AvgIpc) is 2.86. The first-order valence-corrected chi connectivity index (χ1v) is 4.87. The van der Waals surface area contributed by atoms with E-state index in [1.165, 1.54) is 12.1 Å². The highest BCUT2D eigenvalue weighted by Gasteiger charge is 2.19. The molecule has 88 valence electrons. The van der Waals surface area contributed by atoms with Gasteiger partial charge in [-0.25, -0.2) is 4.79 Å². The Labute approximate surface area is 96.5 Å². The molecule has 0 unspecified atom stereocenters. The van der Waals surface area contributed by atoms with Crippen molar-refractivity contribution in [3.63, 3.8) is 0 Å². The molecule has 0 aliphatic rings. The number of carboxylic acid groups (broad SMARTS) is 1. The zero-order chi connectivity index (χ0) is 12.6. The lowest BCUT2D eigenvalue weighted by molar-refractivity contribution is 0.0660. The molecule has 0 radical (unpaired) electrons. The van der Waals surface area contributed by atoms with Crippen LogP contribution < -0.4 is 0 Å². The lowest BCUT2D eigenvalue weighted by Gasteiger charge is -1.91. The first-order chi connectivity index (χ1) is 7.99. The van der Waals surface area contributed by atoms with Crippen LogP contribution in [0.3, 0.4) is 0 Å².